The van der Waals surface area contributed by atoms with Crippen molar-refractivity contribution in [1.29, 1.82) is 0 Å². The van der Waals surface area contributed by atoms with Gasteiger partial charge in [-0.2, -0.15) is 13.2 Å². The molecular formula is C32H39F3N4O6. The molecule has 13 heteroatoms. The number of esters is 1. The summed E-state index contributed by atoms with van der Waals surface area (Å²) >= 11 is 0. The van der Waals surface area contributed by atoms with Crippen molar-refractivity contribution in [3.63, 3.8) is 0 Å². The Hall–Kier alpha value is -4.16. The third-order valence-electron chi connectivity index (χ3n) is 7.00. The number of carbonyl (C=O) groups excluding carboxylic acids is 3. The second kappa shape index (κ2) is 12.7. The molecule has 0 saturated carbocycles. The number of nitrogens with one attached hydrogen (secondary N) is 1. The fraction of sp³-hybridized carbons (Fsp3) is 0.531. The van der Waals surface area contributed by atoms with Crippen LogP contribution in [-0.2, 0) is 20.7 Å². The Morgan fingerprint density at radius 1 is 1.04 bits per heavy atom. The number of aromatic nitrogens is 2. The van der Waals surface area contributed by atoms with Gasteiger partial charge in [0.1, 0.15) is 22.3 Å². The molecule has 1 aliphatic rings. The Balaban J connectivity index is 1.65. The van der Waals surface area contributed by atoms with Gasteiger partial charge in [-0.15, -0.1) is 0 Å². The minimum atomic E-state index is -4.49. The van der Waals surface area contributed by atoms with E-state index in [4.69, 9.17) is 13.9 Å². The number of ketones is 1. The average Bonchev–Trinajstić information content (AvgIpc) is 3.22. The molecule has 4 rings (SSSR count). The predicted molar refractivity (Wildman–Crippen MR) is 161 cm³/mol. The lowest BCUT2D eigenvalue weighted by Gasteiger charge is -2.40. The molecule has 45 heavy (non-hydrogen) atoms. The van der Waals surface area contributed by atoms with E-state index in [9.17, 15) is 27.6 Å². The van der Waals surface area contributed by atoms with E-state index in [0.717, 1.165) is 5.56 Å². The Morgan fingerprint density at radius 3 is 2.38 bits per heavy atom. The molecule has 0 bridgehead atoms. The number of aryl methyl sites for hydroxylation is 1. The van der Waals surface area contributed by atoms with Gasteiger partial charge in [-0.25, -0.2) is 4.79 Å². The van der Waals surface area contributed by atoms with Crippen molar-refractivity contribution in [2.45, 2.75) is 85.1 Å². The van der Waals surface area contributed by atoms with E-state index < -0.39 is 47.1 Å². The molecular weight excluding hydrogens is 593 g/mol. The highest BCUT2D eigenvalue weighted by molar-refractivity contribution is 6.12. The molecule has 0 spiro atoms. The number of piperidine rings is 1. The molecule has 0 aliphatic carbocycles. The van der Waals surface area contributed by atoms with E-state index in [2.05, 4.69) is 15.3 Å². The second-order valence-electron chi connectivity index (χ2n) is 13.4. The molecule has 10 nitrogen and oxygen atoms in total. The van der Waals surface area contributed by atoms with E-state index in [1.807, 2.05) is 0 Å². The smallest absolute Gasteiger partial charge is 0.414 e. The van der Waals surface area contributed by atoms with Crippen molar-refractivity contribution in [2.24, 2.45) is 11.8 Å². The lowest BCUT2D eigenvalue weighted by Crippen LogP contribution is -2.47. The van der Waals surface area contributed by atoms with Gasteiger partial charge in [-0.1, -0.05) is 0 Å². The molecule has 1 aliphatic heterocycles. The summed E-state index contributed by atoms with van der Waals surface area (Å²) in [6, 6.07) is 3.23. The Kier molecular flexibility index (Phi) is 9.51. The third kappa shape index (κ3) is 8.95. The molecule has 0 radical (unpaired) electrons. The van der Waals surface area contributed by atoms with Crippen LogP contribution >= 0.6 is 0 Å². The van der Waals surface area contributed by atoms with Gasteiger partial charge in [-0.05, 0) is 78.5 Å². The standard InChI is InChI=1S/C32H39F3N4O6/c1-18-10-24-27(37-14-18)26(28(43-24)38-29(42)45-31(5,6)7)23(40)13-20-15-36-9-8-22(20)39-16-19(11-21(17-39)32(33,34)35)12-25(41)44-30(2,3)4/h8-10,14-15,19,21H,11-13,16-17H2,1-7H3,(H,38,42)/t19-,21-/m1/s1. The molecule has 4 heterocycles. The first-order valence-corrected chi connectivity index (χ1v) is 14.7. The number of rotatable bonds is 7. The summed E-state index contributed by atoms with van der Waals surface area (Å²) in [5, 5.41) is 2.50. The quantitative estimate of drug-likeness (QED) is 0.216. The van der Waals surface area contributed by atoms with Crippen LogP contribution in [0.15, 0.2) is 35.1 Å². The molecule has 2 atom stereocenters. The van der Waals surface area contributed by atoms with Crippen molar-refractivity contribution < 1.29 is 41.4 Å². The number of amides is 1. The van der Waals surface area contributed by atoms with Crippen LogP contribution in [0.5, 0.6) is 0 Å². The molecule has 3 aromatic heterocycles. The summed E-state index contributed by atoms with van der Waals surface area (Å²) in [5.41, 5.74) is 0.420. The number of Topliss-reactive ketones (excluding diaryl/α,β-unsaturated/α-hetero) is 1. The summed E-state index contributed by atoms with van der Waals surface area (Å²) < 4.78 is 58.7. The van der Waals surface area contributed by atoms with E-state index in [-0.39, 0.29) is 54.9 Å². The fourth-order valence-electron chi connectivity index (χ4n) is 5.35. The molecule has 1 saturated heterocycles. The fourth-order valence-corrected chi connectivity index (χ4v) is 5.35. The van der Waals surface area contributed by atoms with Gasteiger partial charge >= 0.3 is 18.2 Å². The van der Waals surface area contributed by atoms with Crippen LogP contribution < -0.4 is 10.2 Å². The second-order valence-corrected chi connectivity index (χ2v) is 13.4. The third-order valence-corrected chi connectivity index (χ3v) is 7.00. The van der Waals surface area contributed by atoms with E-state index in [1.165, 1.54) is 12.4 Å². The topological polar surface area (TPSA) is 124 Å². The highest BCUT2D eigenvalue weighted by atomic mass is 19.4. The Labute approximate surface area is 259 Å². The van der Waals surface area contributed by atoms with E-state index >= 15 is 0 Å². The number of carbonyl (C=O) groups is 3. The van der Waals surface area contributed by atoms with Crippen LogP contribution in [0.3, 0.4) is 0 Å². The summed E-state index contributed by atoms with van der Waals surface area (Å²) in [7, 11) is 0. The summed E-state index contributed by atoms with van der Waals surface area (Å²) in [6.45, 7) is 11.8. The number of fused-ring (bicyclic) bond motifs is 1. The van der Waals surface area contributed by atoms with Crippen molar-refractivity contribution in [3.05, 3.63) is 47.4 Å². The van der Waals surface area contributed by atoms with Crippen LogP contribution in [0.2, 0.25) is 0 Å². The monoisotopic (exact) mass is 632 g/mol. The average molecular weight is 633 g/mol. The van der Waals surface area contributed by atoms with Gasteiger partial charge in [0.15, 0.2) is 11.4 Å². The van der Waals surface area contributed by atoms with E-state index in [1.54, 1.807) is 71.7 Å². The largest absolute Gasteiger partial charge is 0.460 e. The molecule has 1 amide bonds. The minimum Gasteiger partial charge on any atom is -0.460 e. The van der Waals surface area contributed by atoms with Gasteiger partial charge in [0.25, 0.3) is 0 Å². The lowest BCUT2D eigenvalue weighted by molar-refractivity contribution is -0.181. The SMILES string of the molecule is Cc1cnc2c(C(=O)Cc3cnccc3N3C[C@@H](CC(=O)OC(C)(C)C)C[C@@H](C(F)(F)F)C3)c(NC(=O)OC(C)(C)C)oc2c1. The van der Waals surface area contributed by atoms with Gasteiger partial charge in [0.2, 0.25) is 5.88 Å². The van der Waals surface area contributed by atoms with E-state index in [0.29, 0.717) is 11.3 Å². The van der Waals surface area contributed by atoms with Crippen molar-refractivity contribution in [2.75, 3.05) is 23.3 Å². The number of furan rings is 1. The normalized spacial score (nSPS) is 17.7. The van der Waals surface area contributed by atoms with Crippen LogP contribution in [0.4, 0.5) is 29.5 Å². The Bertz CT molecular complexity index is 1570. The highest BCUT2D eigenvalue weighted by Crippen LogP contribution is 2.39. The van der Waals surface area contributed by atoms with Crippen LogP contribution in [0.1, 0.15) is 75.9 Å². The zero-order valence-corrected chi connectivity index (χ0v) is 26.5. The number of hydrogen-bond acceptors (Lipinski definition) is 9. The predicted octanol–water partition coefficient (Wildman–Crippen LogP) is 7.04. The summed E-state index contributed by atoms with van der Waals surface area (Å²) in [5.74, 6) is -3.54. The molecule has 0 unspecified atom stereocenters. The first kappa shape index (κ1) is 33.7. The van der Waals surface area contributed by atoms with Gasteiger partial charge in [0.05, 0.1) is 12.3 Å². The summed E-state index contributed by atoms with van der Waals surface area (Å²) in [4.78, 5) is 49.1. The maximum absolute atomic E-state index is 14.1. The Morgan fingerprint density at radius 2 is 1.73 bits per heavy atom. The zero-order valence-electron chi connectivity index (χ0n) is 26.5. The number of alkyl halides is 3. The van der Waals surface area contributed by atoms with Gasteiger partial charge in [0, 0.05) is 49.4 Å². The van der Waals surface area contributed by atoms with Crippen molar-refractivity contribution in [1.82, 2.24) is 9.97 Å². The number of hydrogen-bond donors (Lipinski definition) is 1. The number of pyridine rings is 2. The summed E-state index contributed by atoms with van der Waals surface area (Å²) in [6.07, 6.45) is -1.58. The number of halogens is 3. The molecule has 0 aromatic carbocycles. The van der Waals surface area contributed by atoms with Gasteiger partial charge in [-0.3, -0.25) is 24.9 Å². The lowest BCUT2D eigenvalue weighted by atomic mass is 9.86. The highest BCUT2D eigenvalue weighted by Gasteiger charge is 2.45. The molecule has 3 aromatic rings. The maximum atomic E-state index is 14.1. The number of anilines is 2. The van der Waals surface area contributed by atoms with Crippen molar-refractivity contribution in [3.8, 4) is 0 Å². The van der Waals surface area contributed by atoms with Crippen LogP contribution in [0.25, 0.3) is 11.1 Å². The zero-order chi connectivity index (χ0) is 33.3. The molecule has 1 fully saturated rings. The first-order valence-electron chi connectivity index (χ1n) is 14.7. The number of nitrogens with zero attached hydrogens (tertiary/aromatic N) is 3. The van der Waals surface area contributed by atoms with Crippen molar-refractivity contribution >= 4 is 40.5 Å². The number of ether oxygens (including phenoxy) is 2. The minimum absolute atomic E-state index is 0.000256. The van der Waals surface area contributed by atoms with Crippen LogP contribution in [0, 0.1) is 18.8 Å². The van der Waals surface area contributed by atoms with Crippen LogP contribution in [-0.4, -0.2) is 58.3 Å². The molecule has 244 valence electrons. The maximum Gasteiger partial charge on any atom is 0.414 e. The van der Waals surface area contributed by atoms with Gasteiger partial charge < -0.3 is 18.8 Å². The first-order chi connectivity index (χ1) is 20.8. The molecule has 1 N–H and O–H groups in total.